The molecule has 0 aliphatic rings. The number of para-hydroxylation sites is 1. The molecule has 0 saturated heterocycles. The Kier molecular flexibility index (Phi) is 5.94. The van der Waals surface area contributed by atoms with Crippen molar-refractivity contribution in [1.82, 2.24) is 0 Å². The van der Waals surface area contributed by atoms with Gasteiger partial charge in [0, 0.05) is 10.6 Å². The highest BCUT2D eigenvalue weighted by atomic mass is 32.2. The van der Waals surface area contributed by atoms with Gasteiger partial charge < -0.3 is 10.6 Å². The van der Waals surface area contributed by atoms with E-state index < -0.39 is 0 Å². The van der Waals surface area contributed by atoms with Crippen LogP contribution in [0.25, 0.3) is 0 Å². The van der Waals surface area contributed by atoms with E-state index in [0.717, 1.165) is 10.5 Å². The Bertz CT molecular complexity index is 985. The zero-order chi connectivity index (χ0) is 19.2. The van der Waals surface area contributed by atoms with Crippen LogP contribution < -0.4 is 10.6 Å². The summed E-state index contributed by atoms with van der Waals surface area (Å²) in [6.07, 6.45) is 1.93. The fourth-order valence-electron chi connectivity index (χ4n) is 2.73. The maximum absolute atomic E-state index is 12.7. The monoisotopic (exact) mass is 376 g/mol. The first kappa shape index (κ1) is 18.7. The van der Waals surface area contributed by atoms with Crippen LogP contribution in [-0.4, -0.2) is 18.1 Å². The molecule has 27 heavy (non-hydrogen) atoms. The fraction of sp³-hybridized carbons (Fsp3) is 0.0909. The molecular formula is C22H20N2O2S. The summed E-state index contributed by atoms with van der Waals surface area (Å²) in [5.41, 5.74) is 3.24. The number of aryl methyl sites for hydroxylation is 1. The molecule has 3 aromatic rings. The van der Waals surface area contributed by atoms with Crippen molar-refractivity contribution in [2.45, 2.75) is 11.8 Å². The van der Waals surface area contributed by atoms with E-state index in [2.05, 4.69) is 10.6 Å². The molecule has 3 aromatic carbocycles. The number of anilines is 2. The van der Waals surface area contributed by atoms with Crippen molar-refractivity contribution in [2.24, 2.45) is 0 Å². The summed E-state index contributed by atoms with van der Waals surface area (Å²) < 4.78 is 0. The van der Waals surface area contributed by atoms with Crippen molar-refractivity contribution in [3.05, 3.63) is 89.5 Å². The highest BCUT2D eigenvalue weighted by Gasteiger charge is 2.16. The second-order valence-corrected chi connectivity index (χ2v) is 6.87. The number of nitrogens with one attached hydrogen (secondary N) is 2. The van der Waals surface area contributed by atoms with Gasteiger partial charge in [0.1, 0.15) is 0 Å². The largest absolute Gasteiger partial charge is 0.322 e. The zero-order valence-corrected chi connectivity index (χ0v) is 16.0. The van der Waals surface area contributed by atoms with E-state index in [1.165, 1.54) is 11.8 Å². The summed E-state index contributed by atoms with van der Waals surface area (Å²) in [6, 6.07) is 22.0. The van der Waals surface area contributed by atoms with Crippen LogP contribution in [0.3, 0.4) is 0 Å². The standard InChI is InChI=1S/C22H20N2O2S/c1-15-8-7-9-16(14-15)23-21(25)17-10-3-5-12-19(17)24-22(26)18-11-4-6-13-20(18)27-2/h3-14H,1-2H3,(H,23,25)(H,24,26). The molecule has 2 N–H and O–H groups in total. The molecule has 0 atom stereocenters. The van der Waals surface area contributed by atoms with Gasteiger partial charge in [0.25, 0.3) is 11.8 Å². The molecule has 0 heterocycles. The molecule has 5 heteroatoms. The molecule has 3 rings (SSSR count). The zero-order valence-electron chi connectivity index (χ0n) is 15.2. The van der Waals surface area contributed by atoms with Crippen molar-refractivity contribution >= 4 is 35.0 Å². The lowest BCUT2D eigenvalue weighted by atomic mass is 10.1. The summed E-state index contributed by atoms with van der Waals surface area (Å²) in [6.45, 7) is 1.97. The van der Waals surface area contributed by atoms with Crippen molar-refractivity contribution < 1.29 is 9.59 Å². The number of benzene rings is 3. The normalized spacial score (nSPS) is 10.3. The highest BCUT2D eigenvalue weighted by molar-refractivity contribution is 7.98. The topological polar surface area (TPSA) is 58.2 Å². The van der Waals surface area contributed by atoms with E-state index in [4.69, 9.17) is 0 Å². The van der Waals surface area contributed by atoms with Crippen LogP contribution >= 0.6 is 11.8 Å². The van der Waals surface area contributed by atoms with Gasteiger partial charge in [-0.25, -0.2) is 0 Å². The van der Waals surface area contributed by atoms with Crippen molar-refractivity contribution in [3.8, 4) is 0 Å². The number of rotatable bonds is 5. The number of amides is 2. The minimum absolute atomic E-state index is 0.240. The Morgan fingerprint density at radius 3 is 2.19 bits per heavy atom. The summed E-state index contributed by atoms with van der Waals surface area (Å²) in [5.74, 6) is -0.509. The number of carbonyl (C=O) groups is 2. The molecule has 0 saturated carbocycles. The Morgan fingerprint density at radius 2 is 1.44 bits per heavy atom. The van der Waals surface area contributed by atoms with Gasteiger partial charge in [0.2, 0.25) is 0 Å². The van der Waals surface area contributed by atoms with Crippen LogP contribution in [0.2, 0.25) is 0 Å². The van der Waals surface area contributed by atoms with Gasteiger partial charge in [-0.2, -0.15) is 0 Å². The minimum atomic E-state index is -0.269. The fourth-order valence-corrected chi connectivity index (χ4v) is 3.33. The third-order valence-corrected chi connectivity index (χ3v) is 4.84. The van der Waals surface area contributed by atoms with E-state index >= 15 is 0 Å². The first-order chi connectivity index (χ1) is 13.1. The molecule has 0 radical (unpaired) electrons. The summed E-state index contributed by atoms with van der Waals surface area (Å²) >= 11 is 1.51. The number of hydrogen-bond donors (Lipinski definition) is 2. The average molecular weight is 376 g/mol. The van der Waals surface area contributed by atoms with Gasteiger partial charge in [-0.15, -0.1) is 11.8 Å². The van der Waals surface area contributed by atoms with Crippen LogP contribution in [0.5, 0.6) is 0 Å². The van der Waals surface area contributed by atoms with Crippen LogP contribution in [-0.2, 0) is 0 Å². The van der Waals surface area contributed by atoms with Crippen LogP contribution in [0.15, 0.2) is 77.7 Å². The molecule has 0 unspecified atom stereocenters. The van der Waals surface area contributed by atoms with Gasteiger partial charge in [0.05, 0.1) is 16.8 Å². The van der Waals surface area contributed by atoms with Crippen molar-refractivity contribution in [3.63, 3.8) is 0 Å². The lowest BCUT2D eigenvalue weighted by molar-refractivity contribution is 0.102. The van der Waals surface area contributed by atoms with Gasteiger partial charge in [-0.1, -0.05) is 36.4 Å². The molecule has 0 spiro atoms. The molecule has 0 aromatic heterocycles. The number of hydrogen-bond acceptors (Lipinski definition) is 3. The van der Waals surface area contributed by atoms with E-state index in [1.54, 1.807) is 30.3 Å². The average Bonchev–Trinajstić information content (AvgIpc) is 2.68. The molecular weight excluding hydrogens is 356 g/mol. The SMILES string of the molecule is CSc1ccccc1C(=O)Nc1ccccc1C(=O)Nc1cccc(C)c1. The first-order valence-corrected chi connectivity index (χ1v) is 9.72. The van der Waals surface area contributed by atoms with Crippen LogP contribution in [0, 0.1) is 6.92 Å². The predicted molar refractivity (Wildman–Crippen MR) is 112 cm³/mol. The minimum Gasteiger partial charge on any atom is -0.322 e. The van der Waals surface area contributed by atoms with Crippen molar-refractivity contribution in [2.75, 3.05) is 16.9 Å². The Morgan fingerprint density at radius 1 is 0.778 bits per heavy atom. The number of thioether (sulfide) groups is 1. The summed E-state index contributed by atoms with van der Waals surface area (Å²) in [4.78, 5) is 26.3. The first-order valence-electron chi connectivity index (χ1n) is 8.50. The number of carbonyl (C=O) groups excluding carboxylic acids is 2. The van der Waals surface area contributed by atoms with E-state index in [-0.39, 0.29) is 11.8 Å². The summed E-state index contributed by atoms with van der Waals surface area (Å²) in [7, 11) is 0. The molecule has 0 fully saturated rings. The highest BCUT2D eigenvalue weighted by Crippen LogP contribution is 2.23. The molecule has 0 aliphatic carbocycles. The second-order valence-electron chi connectivity index (χ2n) is 6.02. The van der Waals surface area contributed by atoms with Gasteiger partial charge in [-0.05, 0) is 55.1 Å². The van der Waals surface area contributed by atoms with E-state index in [9.17, 15) is 9.59 Å². The Labute approximate surface area is 163 Å². The third kappa shape index (κ3) is 4.57. The molecule has 2 amide bonds. The smallest absolute Gasteiger partial charge is 0.257 e. The lowest BCUT2D eigenvalue weighted by Gasteiger charge is -2.13. The molecule has 136 valence electrons. The van der Waals surface area contributed by atoms with Crippen molar-refractivity contribution in [1.29, 1.82) is 0 Å². The second kappa shape index (κ2) is 8.56. The third-order valence-electron chi connectivity index (χ3n) is 4.05. The Hall–Kier alpha value is -3.05. The van der Waals surface area contributed by atoms with E-state index in [0.29, 0.717) is 22.5 Å². The maximum atomic E-state index is 12.7. The molecule has 4 nitrogen and oxygen atoms in total. The quantitative estimate of drug-likeness (QED) is 0.600. The van der Waals surface area contributed by atoms with Gasteiger partial charge in [0.15, 0.2) is 0 Å². The predicted octanol–water partition coefficient (Wildman–Crippen LogP) is 5.22. The Balaban J connectivity index is 1.83. The van der Waals surface area contributed by atoms with Crippen LogP contribution in [0.4, 0.5) is 11.4 Å². The molecule has 0 aliphatic heterocycles. The van der Waals surface area contributed by atoms with Gasteiger partial charge >= 0.3 is 0 Å². The van der Waals surface area contributed by atoms with Gasteiger partial charge in [-0.3, -0.25) is 9.59 Å². The lowest BCUT2D eigenvalue weighted by Crippen LogP contribution is -2.18. The molecule has 0 bridgehead atoms. The summed E-state index contributed by atoms with van der Waals surface area (Å²) in [5, 5.41) is 5.75. The van der Waals surface area contributed by atoms with Crippen LogP contribution in [0.1, 0.15) is 26.3 Å². The maximum Gasteiger partial charge on any atom is 0.257 e. The van der Waals surface area contributed by atoms with E-state index in [1.807, 2.05) is 55.6 Å².